The van der Waals surface area contributed by atoms with E-state index in [1.54, 1.807) is 13.2 Å². The van der Waals surface area contributed by atoms with Crippen LogP contribution in [0.15, 0.2) is 35.9 Å². The maximum atomic E-state index is 12.6. The molecule has 0 bridgehead atoms. The Bertz CT molecular complexity index is 676. The normalized spacial score (nSPS) is 18.2. The van der Waals surface area contributed by atoms with Gasteiger partial charge in [0.2, 0.25) is 5.91 Å². The first-order valence-corrected chi connectivity index (χ1v) is 9.56. The van der Waals surface area contributed by atoms with E-state index < -0.39 is 0 Å². The van der Waals surface area contributed by atoms with Crippen molar-refractivity contribution in [1.29, 1.82) is 0 Å². The smallest absolute Gasteiger partial charge is 0.253 e. The zero-order valence-corrected chi connectivity index (χ0v) is 15.5. The molecule has 2 amide bonds. The quantitative estimate of drug-likeness (QED) is 0.825. The first-order valence-electron chi connectivity index (χ1n) is 9.56. The molecule has 26 heavy (non-hydrogen) atoms. The minimum atomic E-state index is 0.00792. The number of hydrogen-bond acceptors (Lipinski definition) is 3. The van der Waals surface area contributed by atoms with Crippen molar-refractivity contribution in [3.8, 4) is 5.75 Å². The lowest BCUT2D eigenvalue weighted by molar-refractivity contribution is -0.126. The van der Waals surface area contributed by atoms with Gasteiger partial charge in [-0.15, -0.1) is 0 Å². The molecule has 5 heteroatoms. The van der Waals surface area contributed by atoms with E-state index in [1.165, 1.54) is 18.4 Å². The van der Waals surface area contributed by atoms with Crippen LogP contribution in [0, 0.1) is 5.92 Å². The highest BCUT2D eigenvalue weighted by molar-refractivity contribution is 5.94. The van der Waals surface area contributed by atoms with Gasteiger partial charge in [0.25, 0.3) is 5.91 Å². The molecular formula is C21H28N2O3. The summed E-state index contributed by atoms with van der Waals surface area (Å²) in [5.41, 5.74) is 1.99. The van der Waals surface area contributed by atoms with Crippen molar-refractivity contribution >= 4 is 11.8 Å². The topological polar surface area (TPSA) is 58.6 Å². The lowest BCUT2D eigenvalue weighted by Crippen LogP contribution is -2.43. The van der Waals surface area contributed by atoms with E-state index in [4.69, 9.17) is 4.74 Å². The number of allylic oxidation sites excluding steroid dienone is 1. The Morgan fingerprint density at radius 2 is 2.04 bits per heavy atom. The number of methoxy groups -OCH3 is 1. The van der Waals surface area contributed by atoms with Crippen molar-refractivity contribution in [1.82, 2.24) is 10.2 Å². The number of hydrogen-bond donors (Lipinski definition) is 1. The van der Waals surface area contributed by atoms with E-state index in [-0.39, 0.29) is 17.7 Å². The molecule has 0 aromatic heterocycles. The maximum absolute atomic E-state index is 12.6. The zero-order chi connectivity index (χ0) is 18.4. The van der Waals surface area contributed by atoms with Crippen molar-refractivity contribution < 1.29 is 14.3 Å². The second kappa shape index (κ2) is 8.88. The fourth-order valence-electron chi connectivity index (χ4n) is 3.69. The fraction of sp³-hybridized carbons (Fsp3) is 0.524. The number of piperidine rings is 1. The van der Waals surface area contributed by atoms with E-state index in [0.29, 0.717) is 30.9 Å². The number of nitrogens with one attached hydrogen (secondary N) is 1. The van der Waals surface area contributed by atoms with Crippen molar-refractivity contribution in [2.75, 3.05) is 26.7 Å². The fourth-order valence-corrected chi connectivity index (χ4v) is 3.69. The number of likely N-dealkylation sites (tertiary alicyclic amines) is 1. The molecular weight excluding hydrogens is 328 g/mol. The van der Waals surface area contributed by atoms with Crippen LogP contribution in [0.25, 0.3) is 0 Å². The van der Waals surface area contributed by atoms with Crippen LogP contribution in [0.2, 0.25) is 0 Å². The number of rotatable bonds is 5. The highest BCUT2D eigenvalue weighted by Crippen LogP contribution is 2.22. The van der Waals surface area contributed by atoms with Crippen LogP contribution in [0.3, 0.4) is 0 Å². The largest absolute Gasteiger partial charge is 0.497 e. The molecule has 5 nitrogen and oxygen atoms in total. The molecule has 1 aliphatic carbocycles. The number of ether oxygens (including phenoxy) is 1. The van der Waals surface area contributed by atoms with Crippen molar-refractivity contribution in [2.45, 2.75) is 38.5 Å². The van der Waals surface area contributed by atoms with Crippen molar-refractivity contribution in [3.63, 3.8) is 0 Å². The Balaban J connectivity index is 1.47. The van der Waals surface area contributed by atoms with Gasteiger partial charge in [-0.1, -0.05) is 17.7 Å². The van der Waals surface area contributed by atoms with Crippen LogP contribution in [-0.4, -0.2) is 43.5 Å². The second-order valence-corrected chi connectivity index (χ2v) is 7.12. The van der Waals surface area contributed by atoms with E-state index in [1.807, 2.05) is 23.1 Å². The molecule has 1 fully saturated rings. The maximum Gasteiger partial charge on any atom is 0.253 e. The molecule has 2 aliphatic rings. The molecule has 0 saturated carbocycles. The standard InChI is InChI=1S/C21H28N2O3/c1-26-19-9-5-8-18(14-19)21(25)23-12-10-17(11-13-23)20(24)22-15-16-6-3-2-4-7-16/h5-6,8-9,14,17H,2-4,7,10-13,15H2,1H3,(H,22,24). The van der Waals surface area contributed by atoms with E-state index in [0.717, 1.165) is 25.7 Å². The predicted molar refractivity (Wildman–Crippen MR) is 101 cm³/mol. The summed E-state index contributed by atoms with van der Waals surface area (Å²) in [6.07, 6.45) is 8.44. The first-order chi connectivity index (χ1) is 12.7. The lowest BCUT2D eigenvalue weighted by Gasteiger charge is -2.31. The lowest BCUT2D eigenvalue weighted by atomic mass is 9.94. The minimum Gasteiger partial charge on any atom is -0.497 e. The Kier molecular flexibility index (Phi) is 6.31. The van der Waals surface area contributed by atoms with Gasteiger partial charge in [0.1, 0.15) is 5.75 Å². The summed E-state index contributed by atoms with van der Waals surface area (Å²) in [6, 6.07) is 7.22. The predicted octanol–water partition coefficient (Wildman–Crippen LogP) is 3.16. The summed E-state index contributed by atoms with van der Waals surface area (Å²) in [5, 5.41) is 3.09. The van der Waals surface area contributed by atoms with Gasteiger partial charge in [-0.3, -0.25) is 9.59 Å². The van der Waals surface area contributed by atoms with Gasteiger partial charge in [-0.25, -0.2) is 0 Å². The Hall–Kier alpha value is -2.30. The van der Waals surface area contributed by atoms with Gasteiger partial charge in [0, 0.05) is 31.1 Å². The van der Waals surface area contributed by atoms with Crippen LogP contribution in [-0.2, 0) is 4.79 Å². The van der Waals surface area contributed by atoms with Crippen LogP contribution in [0.5, 0.6) is 5.75 Å². The average molecular weight is 356 g/mol. The third-order valence-corrected chi connectivity index (χ3v) is 5.34. The van der Waals surface area contributed by atoms with Gasteiger partial charge >= 0.3 is 0 Å². The molecule has 1 saturated heterocycles. The highest BCUT2D eigenvalue weighted by Gasteiger charge is 2.28. The molecule has 1 N–H and O–H groups in total. The molecule has 3 rings (SSSR count). The molecule has 0 radical (unpaired) electrons. The minimum absolute atomic E-state index is 0.00792. The third kappa shape index (κ3) is 4.65. The van der Waals surface area contributed by atoms with Crippen LogP contribution < -0.4 is 10.1 Å². The Morgan fingerprint density at radius 3 is 2.73 bits per heavy atom. The number of amides is 2. The summed E-state index contributed by atoms with van der Waals surface area (Å²) in [5.74, 6) is 0.829. The highest BCUT2D eigenvalue weighted by atomic mass is 16.5. The van der Waals surface area contributed by atoms with Crippen LogP contribution in [0.1, 0.15) is 48.9 Å². The Morgan fingerprint density at radius 1 is 1.23 bits per heavy atom. The van der Waals surface area contributed by atoms with E-state index in [9.17, 15) is 9.59 Å². The molecule has 1 aromatic carbocycles. The molecule has 0 spiro atoms. The summed E-state index contributed by atoms with van der Waals surface area (Å²) >= 11 is 0. The molecule has 1 aromatic rings. The molecule has 0 atom stereocenters. The Labute approximate surface area is 155 Å². The van der Waals surface area contributed by atoms with Gasteiger partial charge in [0.05, 0.1) is 7.11 Å². The third-order valence-electron chi connectivity index (χ3n) is 5.34. The number of nitrogens with zero attached hydrogens (tertiary/aromatic N) is 1. The summed E-state index contributed by atoms with van der Waals surface area (Å²) in [7, 11) is 1.59. The van der Waals surface area contributed by atoms with Gasteiger partial charge < -0.3 is 15.0 Å². The van der Waals surface area contributed by atoms with Crippen molar-refractivity contribution in [2.24, 2.45) is 5.92 Å². The summed E-state index contributed by atoms with van der Waals surface area (Å²) < 4.78 is 5.19. The van der Waals surface area contributed by atoms with Gasteiger partial charge in [-0.05, 0) is 56.7 Å². The summed E-state index contributed by atoms with van der Waals surface area (Å²) in [6.45, 7) is 1.93. The molecule has 1 aliphatic heterocycles. The SMILES string of the molecule is COc1cccc(C(=O)N2CCC(C(=O)NCC3=CCCCC3)CC2)c1. The van der Waals surface area contributed by atoms with Crippen LogP contribution >= 0.6 is 0 Å². The van der Waals surface area contributed by atoms with Gasteiger partial charge in [0.15, 0.2) is 0 Å². The molecule has 0 unspecified atom stereocenters. The average Bonchev–Trinajstić information content (AvgIpc) is 2.72. The number of carbonyl (C=O) groups excluding carboxylic acids is 2. The number of benzene rings is 1. The number of carbonyl (C=O) groups is 2. The van der Waals surface area contributed by atoms with Crippen molar-refractivity contribution in [3.05, 3.63) is 41.5 Å². The van der Waals surface area contributed by atoms with Crippen LogP contribution in [0.4, 0.5) is 0 Å². The van der Waals surface area contributed by atoms with E-state index >= 15 is 0 Å². The van der Waals surface area contributed by atoms with E-state index in [2.05, 4.69) is 11.4 Å². The zero-order valence-electron chi connectivity index (χ0n) is 15.5. The second-order valence-electron chi connectivity index (χ2n) is 7.12. The monoisotopic (exact) mass is 356 g/mol. The first kappa shape index (κ1) is 18.5. The molecule has 140 valence electrons. The molecule has 1 heterocycles. The summed E-state index contributed by atoms with van der Waals surface area (Å²) in [4.78, 5) is 26.9. The van der Waals surface area contributed by atoms with Gasteiger partial charge in [-0.2, -0.15) is 0 Å².